The average molecular weight is 345 g/mol. The van der Waals surface area contributed by atoms with Crippen LogP contribution in [-0.4, -0.2) is 59.9 Å². The van der Waals surface area contributed by atoms with Crippen LogP contribution in [0.5, 0.6) is 0 Å². The van der Waals surface area contributed by atoms with E-state index >= 15 is 0 Å². The summed E-state index contributed by atoms with van der Waals surface area (Å²) < 4.78 is 0. The highest BCUT2D eigenvalue weighted by Gasteiger charge is 2.36. The largest absolute Gasteiger partial charge is 0.361 e. The fraction of sp³-hybridized carbons (Fsp3) is 0.667. The summed E-state index contributed by atoms with van der Waals surface area (Å²) in [7, 11) is 3.75. The number of nitrogens with zero attached hydrogens (tertiary/aromatic N) is 4. The molecule has 0 bridgehead atoms. The van der Waals surface area contributed by atoms with E-state index in [2.05, 4.69) is 15.3 Å². The van der Waals surface area contributed by atoms with Crippen LogP contribution in [0.15, 0.2) is 12.4 Å². The first-order chi connectivity index (χ1) is 12.1. The smallest absolute Gasteiger partial charge is 0.274 e. The average Bonchev–Trinajstić information content (AvgIpc) is 2.64. The Morgan fingerprint density at radius 1 is 1.24 bits per heavy atom. The number of hydrogen-bond donors (Lipinski definition) is 1. The molecule has 3 rings (SSSR count). The number of nitrogens with one attached hydrogen (secondary N) is 1. The first-order valence-corrected chi connectivity index (χ1v) is 9.14. The molecule has 2 amide bonds. The van der Waals surface area contributed by atoms with Crippen molar-refractivity contribution in [2.24, 2.45) is 5.92 Å². The lowest BCUT2D eigenvalue weighted by molar-refractivity contribution is -0.128. The Bertz CT molecular complexity index is 610. The fourth-order valence-corrected chi connectivity index (χ4v) is 3.74. The normalized spacial score (nSPS) is 21.8. The first-order valence-electron chi connectivity index (χ1n) is 9.14. The Kier molecular flexibility index (Phi) is 5.50. The molecule has 1 aromatic rings. The Labute approximate surface area is 148 Å². The lowest BCUT2D eigenvalue weighted by Crippen LogP contribution is -2.57. The van der Waals surface area contributed by atoms with Crippen LogP contribution in [0.2, 0.25) is 0 Å². The molecular weight excluding hydrogens is 318 g/mol. The molecule has 0 aromatic carbocycles. The minimum atomic E-state index is -0.389. The van der Waals surface area contributed by atoms with Gasteiger partial charge in [0, 0.05) is 27.2 Å². The molecule has 1 N–H and O–H groups in total. The maximum atomic E-state index is 12.9. The molecule has 1 aliphatic heterocycles. The van der Waals surface area contributed by atoms with Crippen molar-refractivity contribution >= 4 is 17.6 Å². The van der Waals surface area contributed by atoms with Crippen molar-refractivity contribution in [2.75, 3.05) is 32.1 Å². The third kappa shape index (κ3) is 4.08. The van der Waals surface area contributed by atoms with E-state index in [1.165, 1.54) is 25.5 Å². The molecule has 7 nitrogen and oxygen atoms in total. The van der Waals surface area contributed by atoms with Gasteiger partial charge in [-0.2, -0.15) is 0 Å². The predicted octanol–water partition coefficient (Wildman–Crippen LogP) is 1.45. The van der Waals surface area contributed by atoms with Gasteiger partial charge in [0.2, 0.25) is 5.91 Å². The van der Waals surface area contributed by atoms with Crippen molar-refractivity contribution < 1.29 is 9.59 Å². The van der Waals surface area contributed by atoms with Gasteiger partial charge in [-0.05, 0) is 12.3 Å². The van der Waals surface area contributed by atoms with E-state index in [0.29, 0.717) is 30.5 Å². The van der Waals surface area contributed by atoms with Crippen LogP contribution in [0, 0.1) is 5.92 Å². The summed E-state index contributed by atoms with van der Waals surface area (Å²) in [5, 5.41) is 2.91. The van der Waals surface area contributed by atoms with Crippen LogP contribution in [0.3, 0.4) is 0 Å². The second-order valence-electron chi connectivity index (χ2n) is 7.20. The molecule has 1 aliphatic carbocycles. The standard InChI is InChI=1S/C18H27N5O2/c1-22(2)16-12-20-14(11-21-16)18(25)23-9-8-19-17(24)15(23)10-13-6-4-3-5-7-13/h11-13,15H,3-10H2,1-2H3,(H,19,24)/t15-/m1/s1. The number of carbonyl (C=O) groups is 2. The van der Waals surface area contributed by atoms with E-state index in [-0.39, 0.29) is 17.9 Å². The van der Waals surface area contributed by atoms with Crippen LogP contribution >= 0.6 is 0 Å². The van der Waals surface area contributed by atoms with Gasteiger partial charge < -0.3 is 15.1 Å². The van der Waals surface area contributed by atoms with Gasteiger partial charge in [0.25, 0.3) is 5.91 Å². The molecule has 1 saturated carbocycles. The van der Waals surface area contributed by atoms with Gasteiger partial charge in [-0.1, -0.05) is 32.1 Å². The van der Waals surface area contributed by atoms with Gasteiger partial charge in [-0.25, -0.2) is 9.97 Å². The van der Waals surface area contributed by atoms with Crippen molar-refractivity contribution in [2.45, 2.75) is 44.6 Å². The highest BCUT2D eigenvalue weighted by Crippen LogP contribution is 2.29. The number of anilines is 1. The lowest BCUT2D eigenvalue weighted by atomic mass is 9.84. The topological polar surface area (TPSA) is 78.4 Å². The van der Waals surface area contributed by atoms with Gasteiger partial charge >= 0.3 is 0 Å². The third-order valence-electron chi connectivity index (χ3n) is 5.19. The number of rotatable bonds is 4. The molecule has 1 aromatic heterocycles. The van der Waals surface area contributed by atoms with Crippen molar-refractivity contribution in [3.05, 3.63) is 18.1 Å². The number of amides is 2. The van der Waals surface area contributed by atoms with Crippen LogP contribution in [0.4, 0.5) is 5.82 Å². The number of hydrogen-bond acceptors (Lipinski definition) is 5. The molecule has 1 atom stereocenters. The number of piperazine rings is 1. The number of carbonyl (C=O) groups excluding carboxylic acids is 2. The minimum Gasteiger partial charge on any atom is -0.361 e. The quantitative estimate of drug-likeness (QED) is 0.894. The minimum absolute atomic E-state index is 0.0388. The molecule has 25 heavy (non-hydrogen) atoms. The Morgan fingerprint density at radius 2 is 2.00 bits per heavy atom. The molecule has 2 fully saturated rings. The first kappa shape index (κ1) is 17.6. The van der Waals surface area contributed by atoms with Crippen LogP contribution in [0.1, 0.15) is 49.0 Å². The Hall–Kier alpha value is -2.18. The van der Waals surface area contributed by atoms with Gasteiger partial charge in [0.1, 0.15) is 17.6 Å². The summed E-state index contributed by atoms with van der Waals surface area (Å²) in [6, 6.07) is -0.389. The molecule has 0 radical (unpaired) electrons. The highest BCUT2D eigenvalue weighted by atomic mass is 16.2. The van der Waals surface area contributed by atoms with E-state index in [4.69, 9.17) is 0 Å². The van der Waals surface area contributed by atoms with Crippen molar-refractivity contribution in [1.82, 2.24) is 20.2 Å². The molecule has 136 valence electrons. The Morgan fingerprint density at radius 3 is 2.64 bits per heavy atom. The maximum absolute atomic E-state index is 12.9. The second-order valence-corrected chi connectivity index (χ2v) is 7.20. The lowest BCUT2D eigenvalue weighted by Gasteiger charge is -2.37. The molecule has 7 heteroatoms. The van der Waals surface area contributed by atoms with Crippen LogP contribution in [0.25, 0.3) is 0 Å². The van der Waals surface area contributed by atoms with Gasteiger partial charge in [0.05, 0.1) is 12.4 Å². The summed E-state index contributed by atoms with van der Waals surface area (Å²) in [6.45, 7) is 1.02. The molecular formula is C18H27N5O2. The SMILES string of the molecule is CN(C)c1cnc(C(=O)N2CCNC(=O)[C@H]2CC2CCCCC2)cn1. The van der Waals surface area contributed by atoms with Crippen LogP contribution in [-0.2, 0) is 4.79 Å². The zero-order chi connectivity index (χ0) is 17.8. The zero-order valence-corrected chi connectivity index (χ0v) is 15.1. The molecule has 0 spiro atoms. The summed E-state index contributed by atoms with van der Waals surface area (Å²) >= 11 is 0. The second kappa shape index (κ2) is 7.80. The van der Waals surface area contributed by atoms with E-state index in [9.17, 15) is 9.59 Å². The third-order valence-corrected chi connectivity index (χ3v) is 5.19. The monoisotopic (exact) mass is 345 g/mol. The summed E-state index contributed by atoms with van der Waals surface area (Å²) in [5.41, 5.74) is 0.300. The van der Waals surface area contributed by atoms with Crippen molar-refractivity contribution in [3.63, 3.8) is 0 Å². The van der Waals surface area contributed by atoms with Crippen molar-refractivity contribution in [3.8, 4) is 0 Å². The number of aromatic nitrogens is 2. The van der Waals surface area contributed by atoms with E-state index in [1.807, 2.05) is 19.0 Å². The summed E-state index contributed by atoms with van der Waals surface area (Å²) in [4.78, 5) is 37.4. The molecule has 1 saturated heterocycles. The summed E-state index contributed by atoms with van der Waals surface area (Å²) in [6.07, 6.45) is 9.89. The Balaban J connectivity index is 1.74. The van der Waals surface area contributed by atoms with E-state index in [0.717, 1.165) is 19.3 Å². The molecule has 2 heterocycles. The van der Waals surface area contributed by atoms with Crippen LogP contribution < -0.4 is 10.2 Å². The van der Waals surface area contributed by atoms with E-state index in [1.54, 1.807) is 11.1 Å². The van der Waals surface area contributed by atoms with Crippen molar-refractivity contribution in [1.29, 1.82) is 0 Å². The highest BCUT2D eigenvalue weighted by molar-refractivity contribution is 5.96. The van der Waals surface area contributed by atoms with E-state index < -0.39 is 0 Å². The van der Waals surface area contributed by atoms with Gasteiger partial charge in [0.15, 0.2) is 0 Å². The van der Waals surface area contributed by atoms with Gasteiger partial charge in [-0.3, -0.25) is 9.59 Å². The predicted molar refractivity (Wildman–Crippen MR) is 95.4 cm³/mol. The molecule has 2 aliphatic rings. The zero-order valence-electron chi connectivity index (χ0n) is 15.1. The fourth-order valence-electron chi connectivity index (χ4n) is 3.74. The van der Waals surface area contributed by atoms with Gasteiger partial charge in [-0.15, -0.1) is 0 Å². The summed E-state index contributed by atoms with van der Waals surface area (Å²) in [5.74, 6) is 0.989. The molecule has 0 unspecified atom stereocenters. The maximum Gasteiger partial charge on any atom is 0.274 e.